The molecule has 186 valence electrons. The molecule has 0 radical (unpaired) electrons. The number of thiophene rings is 1. The number of aliphatic hydroxyl groups is 1. The van der Waals surface area contributed by atoms with Crippen LogP contribution < -0.4 is 15.8 Å². The quantitative estimate of drug-likeness (QED) is 0.203. The molecule has 3 aromatic rings. The molecule has 1 aliphatic rings. The normalized spacial score (nSPS) is 21.1. The van der Waals surface area contributed by atoms with Gasteiger partial charge in [0, 0.05) is 29.7 Å². The van der Waals surface area contributed by atoms with E-state index in [1.165, 1.54) is 23.9 Å². The number of aliphatic hydroxyl groups excluding tert-OH is 1. The Labute approximate surface area is 211 Å². The summed E-state index contributed by atoms with van der Waals surface area (Å²) in [7, 11) is -4.35. The Kier molecular flexibility index (Phi) is 7.81. The number of halogens is 1. The summed E-state index contributed by atoms with van der Waals surface area (Å²) in [4.78, 5) is 22.0. The summed E-state index contributed by atoms with van der Waals surface area (Å²) in [6, 6.07) is 8.29. The molecule has 35 heavy (non-hydrogen) atoms. The van der Waals surface area contributed by atoms with Crippen molar-refractivity contribution in [3.63, 3.8) is 0 Å². The number of rotatable bonds is 9. The van der Waals surface area contributed by atoms with Gasteiger partial charge in [-0.2, -0.15) is 13.1 Å². The molecule has 0 saturated heterocycles. The number of ketones is 1. The van der Waals surface area contributed by atoms with Gasteiger partial charge in [0.2, 0.25) is 5.78 Å². The van der Waals surface area contributed by atoms with E-state index in [1.54, 1.807) is 18.2 Å². The van der Waals surface area contributed by atoms with Crippen molar-refractivity contribution in [1.29, 1.82) is 0 Å². The maximum atomic E-state index is 13.3. The summed E-state index contributed by atoms with van der Waals surface area (Å²) in [5.41, 5.74) is 8.25. The fourth-order valence-corrected chi connectivity index (χ4v) is 5.64. The molecule has 0 amide bonds. The lowest BCUT2D eigenvalue weighted by atomic mass is 10.0. The number of anilines is 1. The first-order valence-electron chi connectivity index (χ1n) is 10.7. The van der Waals surface area contributed by atoms with E-state index in [1.807, 2.05) is 22.2 Å². The number of nitrogens with zero attached hydrogens (tertiary/aromatic N) is 2. The van der Waals surface area contributed by atoms with E-state index in [4.69, 9.17) is 21.9 Å². The molecule has 0 spiro atoms. The van der Waals surface area contributed by atoms with Crippen molar-refractivity contribution in [1.82, 2.24) is 14.7 Å². The first-order chi connectivity index (χ1) is 16.6. The van der Waals surface area contributed by atoms with Crippen LogP contribution in [0.3, 0.4) is 0 Å². The number of aromatic nitrogens is 2. The van der Waals surface area contributed by atoms with E-state index >= 15 is 0 Å². The van der Waals surface area contributed by atoms with Gasteiger partial charge in [-0.3, -0.25) is 9.35 Å². The minimum atomic E-state index is -4.35. The van der Waals surface area contributed by atoms with Crippen LogP contribution in [0, 0.1) is 5.92 Å². The van der Waals surface area contributed by atoms with Crippen LogP contribution in [0.25, 0.3) is 0 Å². The Bertz CT molecular complexity index is 1320. The standard InChI is InChI=1S/C22H24ClN5O5S2/c23-15-3-1-2-12(4-15)20(24)14-6-19(34-10-14)21(30)17-9-25-11-26-22(17)28-16-5-13(18(29)7-16)8-27-35(31,32)33/h1-4,6,9-11,13,16,18,20,27,29H,5,7-8,24H2,(H,25,26,28)(H,31,32,33)/t13-,16-,18+,20-/m1/s1. The molecule has 1 aromatic carbocycles. The van der Waals surface area contributed by atoms with Gasteiger partial charge in [0.25, 0.3) is 0 Å². The van der Waals surface area contributed by atoms with Gasteiger partial charge in [0.1, 0.15) is 12.1 Å². The lowest BCUT2D eigenvalue weighted by molar-refractivity contribution is 0.104. The number of benzene rings is 1. The van der Waals surface area contributed by atoms with E-state index < -0.39 is 28.4 Å². The first kappa shape index (κ1) is 25.6. The third-order valence-corrected chi connectivity index (χ3v) is 7.61. The third-order valence-electron chi connectivity index (χ3n) is 5.89. The second-order valence-corrected chi connectivity index (χ2v) is 10.9. The van der Waals surface area contributed by atoms with Crippen LogP contribution in [0.5, 0.6) is 0 Å². The fraction of sp³-hybridized carbons (Fsp3) is 0.318. The van der Waals surface area contributed by atoms with E-state index in [-0.39, 0.29) is 23.9 Å². The lowest BCUT2D eigenvalue weighted by Crippen LogP contribution is -2.32. The van der Waals surface area contributed by atoms with E-state index in [0.29, 0.717) is 28.6 Å². The van der Waals surface area contributed by atoms with Gasteiger partial charge in [0.15, 0.2) is 0 Å². The zero-order valence-electron chi connectivity index (χ0n) is 18.3. The summed E-state index contributed by atoms with van der Waals surface area (Å²) >= 11 is 7.34. The third kappa shape index (κ3) is 6.41. The number of nitrogens with two attached hydrogens (primary N) is 1. The molecule has 4 rings (SSSR count). The highest BCUT2D eigenvalue weighted by Gasteiger charge is 2.34. The minimum Gasteiger partial charge on any atom is -0.393 e. The molecule has 1 saturated carbocycles. The zero-order chi connectivity index (χ0) is 25.2. The Balaban J connectivity index is 1.47. The van der Waals surface area contributed by atoms with Crippen molar-refractivity contribution in [3.8, 4) is 0 Å². The summed E-state index contributed by atoms with van der Waals surface area (Å²) in [5.74, 6) is -0.353. The van der Waals surface area contributed by atoms with Gasteiger partial charge in [-0.25, -0.2) is 9.97 Å². The number of hydrogen-bond acceptors (Lipinski definition) is 9. The van der Waals surface area contributed by atoms with Crippen molar-refractivity contribution in [3.05, 3.63) is 74.8 Å². The molecule has 10 nitrogen and oxygen atoms in total. The van der Waals surface area contributed by atoms with Crippen LogP contribution in [-0.2, 0) is 10.3 Å². The predicted octanol–water partition coefficient (Wildman–Crippen LogP) is 2.41. The lowest BCUT2D eigenvalue weighted by Gasteiger charge is -2.15. The SMILES string of the molecule is N[C@H](c1cccc(Cl)c1)c1csc(C(=O)c2cncnc2N[C@@H]2C[C@H](CNS(=O)(=O)O)[C@@H](O)C2)c1. The minimum absolute atomic E-state index is 0.0986. The Morgan fingerprint density at radius 1 is 1.29 bits per heavy atom. The maximum absolute atomic E-state index is 13.3. The van der Waals surface area contributed by atoms with Gasteiger partial charge in [0.05, 0.1) is 22.6 Å². The highest BCUT2D eigenvalue weighted by Crippen LogP contribution is 2.31. The summed E-state index contributed by atoms with van der Waals surface area (Å²) in [5, 5.41) is 15.9. The summed E-state index contributed by atoms with van der Waals surface area (Å²) < 4.78 is 32.8. The van der Waals surface area contributed by atoms with Crippen LogP contribution >= 0.6 is 22.9 Å². The second kappa shape index (κ2) is 10.7. The summed E-state index contributed by atoms with van der Waals surface area (Å²) in [6.45, 7) is -0.0986. The first-order valence-corrected chi connectivity index (χ1v) is 13.4. The Hall–Kier alpha value is -2.45. The molecule has 2 heterocycles. The Morgan fingerprint density at radius 3 is 2.83 bits per heavy atom. The van der Waals surface area contributed by atoms with Crippen LogP contribution in [0.2, 0.25) is 5.02 Å². The fourth-order valence-electron chi connectivity index (χ4n) is 4.11. The van der Waals surface area contributed by atoms with E-state index in [2.05, 4.69) is 15.3 Å². The molecular weight excluding hydrogens is 514 g/mol. The predicted molar refractivity (Wildman–Crippen MR) is 133 cm³/mol. The van der Waals surface area contributed by atoms with Gasteiger partial charge in [-0.15, -0.1) is 11.3 Å². The highest BCUT2D eigenvalue weighted by molar-refractivity contribution is 7.83. The van der Waals surface area contributed by atoms with Crippen molar-refractivity contribution in [2.24, 2.45) is 11.7 Å². The topological polar surface area (TPSA) is 168 Å². The smallest absolute Gasteiger partial charge is 0.333 e. The number of nitrogens with one attached hydrogen (secondary N) is 2. The molecule has 4 atom stereocenters. The average molecular weight is 538 g/mol. The van der Waals surface area contributed by atoms with Crippen LogP contribution in [0.4, 0.5) is 5.82 Å². The van der Waals surface area contributed by atoms with Crippen molar-refractivity contribution < 1.29 is 22.9 Å². The summed E-state index contributed by atoms with van der Waals surface area (Å²) in [6.07, 6.45) is 2.70. The molecule has 0 aliphatic heterocycles. The number of carbonyl (C=O) groups is 1. The maximum Gasteiger partial charge on any atom is 0.333 e. The second-order valence-electron chi connectivity index (χ2n) is 8.35. The van der Waals surface area contributed by atoms with Crippen LogP contribution in [-0.4, -0.2) is 52.5 Å². The molecule has 6 N–H and O–H groups in total. The van der Waals surface area contributed by atoms with Gasteiger partial charge in [-0.05, 0) is 47.5 Å². The van der Waals surface area contributed by atoms with E-state index in [9.17, 15) is 18.3 Å². The largest absolute Gasteiger partial charge is 0.393 e. The molecular formula is C22H24ClN5O5S2. The molecule has 1 fully saturated rings. The monoisotopic (exact) mass is 537 g/mol. The molecule has 13 heteroatoms. The van der Waals surface area contributed by atoms with Crippen molar-refractivity contribution in [2.45, 2.75) is 31.0 Å². The molecule has 2 aromatic heterocycles. The van der Waals surface area contributed by atoms with Gasteiger partial charge in [-0.1, -0.05) is 23.7 Å². The molecule has 1 aliphatic carbocycles. The van der Waals surface area contributed by atoms with Gasteiger partial charge < -0.3 is 16.2 Å². The molecule has 0 bridgehead atoms. The number of hydrogen-bond donors (Lipinski definition) is 5. The van der Waals surface area contributed by atoms with Crippen molar-refractivity contribution in [2.75, 3.05) is 11.9 Å². The van der Waals surface area contributed by atoms with Gasteiger partial charge >= 0.3 is 10.3 Å². The highest BCUT2D eigenvalue weighted by atomic mass is 35.5. The van der Waals surface area contributed by atoms with E-state index in [0.717, 1.165) is 11.1 Å². The number of carbonyl (C=O) groups excluding carboxylic acids is 1. The van der Waals surface area contributed by atoms with Crippen molar-refractivity contribution >= 4 is 44.8 Å². The average Bonchev–Trinajstić information content (AvgIpc) is 3.43. The zero-order valence-corrected chi connectivity index (χ0v) is 20.7. The Morgan fingerprint density at radius 2 is 2.09 bits per heavy atom. The molecule has 0 unspecified atom stereocenters. The van der Waals surface area contributed by atoms with Crippen LogP contribution in [0.1, 0.15) is 45.2 Å². The van der Waals surface area contributed by atoms with Crippen LogP contribution in [0.15, 0.2) is 48.2 Å².